The van der Waals surface area contributed by atoms with Crippen LogP contribution in [0.3, 0.4) is 0 Å². The maximum atomic E-state index is 12.0. The lowest BCUT2D eigenvalue weighted by Crippen LogP contribution is -2.45. The van der Waals surface area contributed by atoms with Gasteiger partial charge in [-0.15, -0.1) is 11.3 Å². The van der Waals surface area contributed by atoms with Gasteiger partial charge >= 0.3 is 0 Å². The maximum absolute atomic E-state index is 12.0. The van der Waals surface area contributed by atoms with Crippen molar-refractivity contribution < 1.29 is 9.59 Å². The van der Waals surface area contributed by atoms with E-state index in [-0.39, 0.29) is 11.8 Å². The standard InChI is InChI=1S/C15H16ClN3O2S/c1-10(14(20)17-7-6-13-8-22-9-18-13)19-15(21)11-2-4-12(16)5-3-11/h2-5,8-10H,6-7H2,1H3,(H,17,20)(H,19,21)/t10-/m1/s1. The first kappa shape index (κ1) is 16.5. The van der Waals surface area contributed by atoms with Crippen molar-refractivity contribution in [2.75, 3.05) is 6.54 Å². The average molecular weight is 338 g/mol. The van der Waals surface area contributed by atoms with E-state index < -0.39 is 6.04 Å². The summed E-state index contributed by atoms with van der Waals surface area (Å²) in [5, 5.41) is 7.93. The third kappa shape index (κ3) is 4.82. The van der Waals surface area contributed by atoms with Gasteiger partial charge in [0.1, 0.15) is 6.04 Å². The molecule has 2 amide bonds. The third-order valence-electron chi connectivity index (χ3n) is 3.01. The van der Waals surface area contributed by atoms with Crippen molar-refractivity contribution in [3.8, 4) is 0 Å². The Morgan fingerprint density at radius 3 is 2.68 bits per heavy atom. The lowest BCUT2D eigenvalue weighted by atomic mass is 10.2. The number of amides is 2. The van der Waals surface area contributed by atoms with E-state index in [9.17, 15) is 9.59 Å². The molecule has 0 bridgehead atoms. The molecule has 2 aromatic rings. The molecule has 0 aliphatic rings. The van der Waals surface area contributed by atoms with E-state index in [1.165, 1.54) is 11.3 Å². The first-order chi connectivity index (χ1) is 10.6. The number of hydrogen-bond donors (Lipinski definition) is 2. The SMILES string of the molecule is C[C@@H](NC(=O)c1ccc(Cl)cc1)C(=O)NCCc1cscn1. The molecular weight excluding hydrogens is 322 g/mol. The van der Waals surface area contributed by atoms with Gasteiger partial charge in [0, 0.05) is 28.9 Å². The van der Waals surface area contributed by atoms with Crippen molar-refractivity contribution in [1.29, 1.82) is 0 Å². The van der Waals surface area contributed by atoms with E-state index >= 15 is 0 Å². The normalized spacial score (nSPS) is 11.7. The lowest BCUT2D eigenvalue weighted by molar-refractivity contribution is -0.122. The summed E-state index contributed by atoms with van der Waals surface area (Å²) >= 11 is 7.29. The minimum atomic E-state index is -0.612. The molecule has 0 saturated carbocycles. The molecule has 116 valence electrons. The van der Waals surface area contributed by atoms with Gasteiger partial charge in [0.2, 0.25) is 5.91 Å². The van der Waals surface area contributed by atoms with E-state index in [0.29, 0.717) is 23.6 Å². The highest BCUT2D eigenvalue weighted by molar-refractivity contribution is 7.07. The van der Waals surface area contributed by atoms with Crippen LogP contribution in [-0.2, 0) is 11.2 Å². The molecule has 0 saturated heterocycles. The highest BCUT2D eigenvalue weighted by Crippen LogP contribution is 2.09. The predicted molar refractivity (Wildman–Crippen MR) is 87.2 cm³/mol. The van der Waals surface area contributed by atoms with Crippen LogP contribution in [0.1, 0.15) is 23.0 Å². The molecule has 0 unspecified atom stereocenters. The molecule has 7 heteroatoms. The molecule has 0 radical (unpaired) electrons. The first-order valence-corrected chi connectivity index (χ1v) is 8.09. The van der Waals surface area contributed by atoms with Gasteiger partial charge in [0.15, 0.2) is 0 Å². The maximum Gasteiger partial charge on any atom is 0.251 e. The van der Waals surface area contributed by atoms with Crippen LogP contribution in [0.15, 0.2) is 35.2 Å². The number of carbonyl (C=O) groups is 2. The Morgan fingerprint density at radius 1 is 1.32 bits per heavy atom. The van der Waals surface area contributed by atoms with Gasteiger partial charge in [0.25, 0.3) is 5.91 Å². The number of hydrogen-bond acceptors (Lipinski definition) is 4. The summed E-state index contributed by atoms with van der Waals surface area (Å²) in [6, 6.07) is 5.89. The number of nitrogens with one attached hydrogen (secondary N) is 2. The zero-order valence-electron chi connectivity index (χ0n) is 12.0. The Kier molecular flexibility index (Phi) is 5.91. The van der Waals surface area contributed by atoms with Crippen molar-refractivity contribution in [1.82, 2.24) is 15.6 Å². The summed E-state index contributed by atoms with van der Waals surface area (Å²) in [6.07, 6.45) is 0.674. The molecule has 2 N–H and O–H groups in total. The van der Waals surface area contributed by atoms with Crippen LogP contribution in [0.5, 0.6) is 0 Å². The fourth-order valence-electron chi connectivity index (χ4n) is 1.77. The van der Waals surface area contributed by atoms with Crippen LogP contribution >= 0.6 is 22.9 Å². The monoisotopic (exact) mass is 337 g/mol. The van der Waals surface area contributed by atoms with Crippen molar-refractivity contribution >= 4 is 34.8 Å². The summed E-state index contributed by atoms with van der Waals surface area (Å²) < 4.78 is 0. The molecule has 1 atom stereocenters. The molecule has 22 heavy (non-hydrogen) atoms. The number of rotatable bonds is 6. The summed E-state index contributed by atoms with van der Waals surface area (Å²) in [5.74, 6) is -0.531. The van der Waals surface area contributed by atoms with Crippen LogP contribution < -0.4 is 10.6 Å². The van der Waals surface area contributed by atoms with Gasteiger partial charge < -0.3 is 10.6 Å². The minimum Gasteiger partial charge on any atom is -0.354 e. The highest BCUT2D eigenvalue weighted by Gasteiger charge is 2.16. The molecular formula is C15H16ClN3O2S. The molecule has 0 spiro atoms. The Morgan fingerprint density at radius 2 is 2.05 bits per heavy atom. The summed E-state index contributed by atoms with van der Waals surface area (Å²) in [5.41, 5.74) is 3.17. The van der Waals surface area contributed by atoms with Crippen molar-refractivity contribution in [3.63, 3.8) is 0 Å². The fraction of sp³-hybridized carbons (Fsp3) is 0.267. The quantitative estimate of drug-likeness (QED) is 0.849. The molecule has 2 rings (SSSR count). The largest absolute Gasteiger partial charge is 0.354 e. The van der Waals surface area contributed by atoms with E-state index in [0.717, 1.165) is 5.69 Å². The molecule has 0 aliphatic carbocycles. The van der Waals surface area contributed by atoms with Gasteiger partial charge in [-0.2, -0.15) is 0 Å². The highest BCUT2D eigenvalue weighted by atomic mass is 35.5. The van der Waals surface area contributed by atoms with Gasteiger partial charge in [0.05, 0.1) is 11.2 Å². The molecule has 1 aromatic carbocycles. The zero-order chi connectivity index (χ0) is 15.9. The molecule has 5 nitrogen and oxygen atoms in total. The Balaban J connectivity index is 1.78. The Hall–Kier alpha value is -1.92. The number of benzene rings is 1. The molecule has 1 aromatic heterocycles. The summed E-state index contributed by atoms with van der Waals surface area (Å²) in [7, 11) is 0. The second-order valence-corrected chi connectivity index (χ2v) is 5.88. The number of nitrogens with zero attached hydrogens (tertiary/aromatic N) is 1. The van der Waals surface area contributed by atoms with Crippen molar-refractivity contribution in [3.05, 3.63) is 51.4 Å². The second-order valence-electron chi connectivity index (χ2n) is 4.72. The average Bonchev–Trinajstić information content (AvgIpc) is 3.01. The number of aromatic nitrogens is 1. The number of halogens is 1. The summed E-state index contributed by atoms with van der Waals surface area (Å²) in [6.45, 7) is 2.13. The van der Waals surface area contributed by atoms with Crippen LogP contribution in [0.2, 0.25) is 5.02 Å². The number of thiazole rings is 1. The van der Waals surface area contributed by atoms with Crippen LogP contribution in [0.4, 0.5) is 0 Å². The van der Waals surface area contributed by atoms with E-state index in [1.54, 1.807) is 36.7 Å². The topological polar surface area (TPSA) is 71.1 Å². The fourth-order valence-corrected chi connectivity index (χ4v) is 2.49. The molecule has 1 heterocycles. The van der Waals surface area contributed by atoms with Gasteiger partial charge in [-0.25, -0.2) is 4.98 Å². The first-order valence-electron chi connectivity index (χ1n) is 6.77. The molecule has 0 fully saturated rings. The van der Waals surface area contributed by atoms with E-state index in [2.05, 4.69) is 15.6 Å². The van der Waals surface area contributed by atoms with Gasteiger partial charge in [-0.1, -0.05) is 11.6 Å². The lowest BCUT2D eigenvalue weighted by Gasteiger charge is -2.14. The van der Waals surface area contributed by atoms with Crippen molar-refractivity contribution in [2.45, 2.75) is 19.4 Å². The predicted octanol–water partition coefficient (Wildman–Crippen LogP) is 2.27. The van der Waals surface area contributed by atoms with Gasteiger partial charge in [-0.3, -0.25) is 9.59 Å². The van der Waals surface area contributed by atoms with Crippen LogP contribution in [0.25, 0.3) is 0 Å². The van der Waals surface area contributed by atoms with Crippen molar-refractivity contribution in [2.24, 2.45) is 0 Å². The van der Waals surface area contributed by atoms with Gasteiger partial charge in [-0.05, 0) is 31.2 Å². The van der Waals surface area contributed by atoms with Crippen LogP contribution in [0, 0.1) is 0 Å². The number of carbonyl (C=O) groups excluding carboxylic acids is 2. The zero-order valence-corrected chi connectivity index (χ0v) is 13.6. The Bertz CT molecular complexity index is 629. The van der Waals surface area contributed by atoms with E-state index in [4.69, 9.17) is 11.6 Å². The smallest absolute Gasteiger partial charge is 0.251 e. The third-order valence-corrected chi connectivity index (χ3v) is 3.90. The second kappa shape index (κ2) is 7.91. The Labute approximate surface area is 137 Å². The molecule has 0 aliphatic heterocycles. The minimum absolute atomic E-state index is 0.224. The van der Waals surface area contributed by atoms with E-state index in [1.807, 2.05) is 5.38 Å². The van der Waals surface area contributed by atoms with Crippen LogP contribution in [-0.4, -0.2) is 29.4 Å². The summed E-state index contributed by atoms with van der Waals surface area (Å²) in [4.78, 5) is 28.1.